The molecule has 0 aliphatic heterocycles. The molecular weight excluding hydrogens is 685 g/mol. The zero-order valence-electron chi connectivity index (χ0n) is 29.9. The molecule has 10 rings (SSSR count). The first-order chi connectivity index (χ1) is 27.3. The Hall–Kier alpha value is -6.94. The van der Waals surface area contributed by atoms with Crippen LogP contribution in [-0.4, -0.2) is 9.97 Å². The van der Waals surface area contributed by atoms with E-state index in [1.165, 1.54) is 75.8 Å². The van der Waals surface area contributed by atoms with Crippen molar-refractivity contribution in [1.29, 1.82) is 0 Å². The minimum absolute atomic E-state index is 1.11. The molecule has 258 valence electrons. The number of benzene rings is 7. The maximum Gasteiger partial charge on any atom is 0.0434 e. The van der Waals surface area contributed by atoms with E-state index in [1.807, 2.05) is 48.3 Å². The van der Waals surface area contributed by atoms with Gasteiger partial charge in [0.2, 0.25) is 0 Å². The molecule has 0 amide bonds. The first-order valence-electron chi connectivity index (χ1n) is 18.5. The molecule has 55 heavy (non-hydrogen) atoms. The Bertz CT molecular complexity index is 2830. The Kier molecular flexibility index (Phi) is 8.40. The van der Waals surface area contributed by atoms with Gasteiger partial charge in [0.05, 0.1) is 0 Å². The molecule has 0 saturated carbocycles. The number of thiophene rings is 1. The highest BCUT2D eigenvalue weighted by Crippen LogP contribution is 2.46. The summed E-state index contributed by atoms with van der Waals surface area (Å²) in [4.78, 5) is 8.67. The third-order valence-corrected chi connectivity index (χ3v) is 11.8. The van der Waals surface area contributed by atoms with Crippen molar-refractivity contribution < 1.29 is 0 Å². The zero-order chi connectivity index (χ0) is 36.6. The molecule has 0 spiro atoms. The fraction of sp³-hybridized carbons (Fsp3) is 0. The lowest BCUT2D eigenvalue weighted by molar-refractivity contribution is 1.33. The first-order valence-corrected chi connectivity index (χ1v) is 19.3. The van der Waals surface area contributed by atoms with Gasteiger partial charge in [-0.25, -0.2) is 0 Å². The Morgan fingerprint density at radius 3 is 1.25 bits per heavy atom. The predicted octanol–water partition coefficient (Wildman–Crippen LogP) is 14.5. The average molecular weight is 719 g/mol. The second kappa shape index (κ2) is 14.1. The summed E-state index contributed by atoms with van der Waals surface area (Å²) >= 11 is 1.90. The number of rotatable bonds is 7. The Balaban J connectivity index is 1.13. The third kappa shape index (κ3) is 6.21. The van der Waals surface area contributed by atoms with Gasteiger partial charge in [0.25, 0.3) is 0 Å². The topological polar surface area (TPSA) is 25.8 Å². The van der Waals surface area contributed by atoms with Gasteiger partial charge < -0.3 is 0 Å². The van der Waals surface area contributed by atoms with Crippen LogP contribution < -0.4 is 0 Å². The molecule has 10 aromatic rings. The van der Waals surface area contributed by atoms with Gasteiger partial charge in [-0.3, -0.25) is 9.97 Å². The smallest absolute Gasteiger partial charge is 0.0434 e. The molecule has 0 unspecified atom stereocenters. The molecule has 3 heteroatoms. The van der Waals surface area contributed by atoms with E-state index in [0.29, 0.717) is 0 Å². The molecule has 0 N–H and O–H groups in total. The van der Waals surface area contributed by atoms with E-state index in [1.54, 1.807) is 0 Å². The average Bonchev–Trinajstić information content (AvgIpc) is 3.67. The van der Waals surface area contributed by atoms with Crippen LogP contribution >= 0.6 is 11.3 Å². The summed E-state index contributed by atoms with van der Waals surface area (Å²) < 4.78 is 2.60. The maximum atomic E-state index is 4.34. The number of nitrogens with zero attached hydrogens (tertiary/aromatic N) is 2. The Morgan fingerprint density at radius 1 is 0.273 bits per heavy atom. The third-order valence-electron chi connectivity index (χ3n) is 10.5. The summed E-state index contributed by atoms with van der Waals surface area (Å²) in [7, 11) is 0. The fourth-order valence-corrected chi connectivity index (χ4v) is 9.10. The van der Waals surface area contributed by atoms with Crippen molar-refractivity contribution in [2.24, 2.45) is 0 Å². The van der Waals surface area contributed by atoms with E-state index in [0.717, 1.165) is 22.3 Å². The van der Waals surface area contributed by atoms with Crippen molar-refractivity contribution in [2.45, 2.75) is 0 Å². The number of hydrogen-bond donors (Lipinski definition) is 0. The van der Waals surface area contributed by atoms with E-state index in [9.17, 15) is 0 Å². The molecule has 3 heterocycles. The van der Waals surface area contributed by atoms with Crippen molar-refractivity contribution in [3.8, 4) is 77.9 Å². The molecule has 0 radical (unpaired) electrons. The molecule has 0 atom stereocenters. The standard InChI is InChI=1S/C52H34N2S/c1-2-10-39(11-3-1)45-14-4-5-15-47(45)48-17-7-19-50-49-18-6-16-46(51(49)55-52(48)50)44-31-42(37-24-20-35(21-25-37)40-12-8-28-53-33-40)30-43(32-44)38-26-22-36(23-27-38)41-13-9-29-54-34-41/h1-34H. The van der Waals surface area contributed by atoms with E-state index < -0.39 is 0 Å². The second-order valence-electron chi connectivity index (χ2n) is 13.8. The summed E-state index contributed by atoms with van der Waals surface area (Å²) in [5.74, 6) is 0. The number of fused-ring (bicyclic) bond motifs is 3. The van der Waals surface area contributed by atoms with Crippen molar-refractivity contribution in [2.75, 3.05) is 0 Å². The van der Waals surface area contributed by atoms with Crippen LogP contribution in [0.15, 0.2) is 207 Å². The SMILES string of the molecule is c1ccc(-c2ccccc2-c2cccc3c2sc2c(-c4cc(-c5ccc(-c6cccnc6)cc5)cc(-c5ccc(-c6cccnc6)cc5)c4)cccc23)cc1. The van der Waals surface area contributed by atoms with Crippen molar-refractivity contribution in [1.82, 2.24) is 9.97 Å². The van der Waals surface area contributed by atoms with Crippen LogP contribution in [0, 0.1) is 0 Å². The van der Waals surface area contributed by atoms with Gasteiger partial charge >= 0.3 is 0 Å². The van der Waals surface area contributed by atoms with Crippen LogP contribution in [0.25, 0.3) is 98.1 Å². The lowest BCUT2D eigenvalue weighted by atomic mass is 9.91. The number of aromatic nitrogens is 2. The van der Waals surface area contributed by atoms with Crippen LogP contribution in [0.2, 0.25) is 0 Å². The molecule has 0 bridgehead atoms. The Labute approximate surface area is 324 Å². The second-order valence-corrected chi connectivity index (χ2v) is 14.8. The van der Waals surface area contributed by atoms with E-state index in [4.69, 9.17) is 0 Å². The monoisotopic (exact) mass is 718 g/mol. The molecule has 0 aliphatic carbocycles. The van der Waals surface area contributed by atoms with Crippen LogP contribution in [0.3, 0.4) is 0 Å². The molecule has 2 nitrogen and oxygen atoms in total. The van der Waals surface area contributed by atoms with Gasteiger partial charge in [0.15, 0.2) is 0 Å². The molecule has 3 aromatic heterocycles. The number of pyridine rings is 2. The highest BCUT2D eigenvalue weighted by atomic mass is 32.1. The van der Waals surface area contributed by atoms with E-state index >= 15 is 0 Å². The minimum atomic E-state index is 1.11. The molecular formula is C52H34N2S. The van der Waals surface area contributed by atoms with Crippen LogP contribution in [0.1, 0.15) is 0 Å². The summed E-state index contributed by atoms with van der Waals surface area (Å²) in [6, 6.07) is 66.0. The lowest BCUT2D eigenvalue weighted by Crippen LogP contribution is -1.87. The largest absolute Gasteiger partial charge is 0.264 e. The highest BCUT2D eigenvalue weighted by Gasteiger charge is 2.17. The molecule has 0 fully saturated rings. The van der Waals surface area contributed by atoms with E-state index in [-0.39, 0.29) is 0 Å². The summed E-state index contributed by atoms with van der Waals surface area (Å²) in [6.45, 7) is 0. The summed E-state index contributed by atoms with van der Waals surface area (Å²) in [5.41, 5.74) is 16.6. The van der Waals surface area contributed by atoms with Crippen LogP contribution in [0.4, 0.5) is 0 Å². The number of hydrogen-bond acceptors (Lipinski definition) is 3. The predicted molar refractivity (Wildman–Crippen MR) is 233 cm³/mol. The molecule has 7 aromatic carbocycles. The maximum absolute atomic E-state index is 4.34. The quantitative estimate of drug-likeness (QED) is 0.164. The van der Waals surface area contributed by atoms with Gasteiger partial charge in [-0.05, 0) is 103 Å². The molecule has 0 saturated heterocycles. The van der Waals surface area contributed by atoms with Gasteiger partial charge in [0, 0.05) is 50.5 Å². The van der Waals surface area contributed by atoms with E-state index in [2.05, 4.69) is 180 Å². The van der Waals surface area contributed by atoms with Crippen molar-refractivity contribution >= 4 is 31.5 Å². The van der Waals surface area contributed by atoms with Gasteiger partial charge in [0.1, 0.15) is 0 Å². The first kappa shape index (κ1) is 32.7. The Morgan fingerprint density at radius 2 is 0.709 bits per heavy atom. The fourth-order valence-electron chi connectivity index (χ4n) is 7.74. The van der Waals surface area contributed by atoms with Crippen molar-refractivity contribution in [3.05, 3.63) is 207 Å². The summed E-state index contributed by atoms with van der Waals surface area (Å²) in [5, 5.41) is 2.57. The molecule has 0 aliphatic rings. The normalized spacial score (nSPS) is 11.3. The zero-order valence-corrected chi connectivity index (χ0v) is 30.7. The van der Waals surface area contributed by atoms with Gasteiger partial charge in [-0.1, -0.05) is 152 Å². The highest BCUT2D eigenvalue weighted by molar-refractivity contribution is 7.26. The minimum Gasteiger partial charge on any atom is -0.264 e. The van der Waals surface area contributed by atoms with Crippen LogP contribution in [-0.2, 0) is 0 Å². The van der Waals surface area contributed by atoms with Crippen molar-refractivity contribution in [3.63, 3.8) is 0 Å². The van der Waals surface area contributed by atoms with Gasteiger partial charge in [-0.15, -0.1) is 11.3 Å². The summed E-state index contributed by atoms with van der Waals surface area (Å²) in [6.07, 6.45) is 7.46. The lowest BCUT2D eigenvalue weighted by Gasteiger charge is -2.13. The van der Waals surface area contributed by atoms with Gasteiger partial charge in [-0.2, -0.15) is 0 Å². The van der Waals surface area contributed by atoms with Crippen LogP contribution in [0.5, 0.6) is 0 Å².